The Morgan fingerprint density at radius 2 is 1.93 bits per heavy atom. The highest BCUT2D eigenvalue weighted by atomic mass is 16.6. The van der Waals surface area contributed by atoms with Crippen molar-refractivity contribution in [3.63, 3.8) is 0 Å². The van der Waals surface area contributed by atoms with Gasteiger partial charge in [0.1, 0.15) is 18.0 Å². The summed E-state index contributed by atoms with van der Waals surface area (Å²) >= 11 is 0. The molecule has 0 unspecified atom stereocenters. The average molecular weight is 396 g/mol. The van der Waals surface area contributed by atoms with Crippen molar-refractivity contribution in [2.24, 2.45) is 0 Å². The maximum absolute atomic E-state index is 12.8. The zero-order valence-electron chi connectivity index (χ0n) is 17.3. The second kappa shape index (κ2) is 9.07. The van der Waals surface area contributed by atoms with Crippen LogP contribution >= 0.6 is 0 Å². The number of H-pyrrole nitrogens is 1. The van der Waals surface area contributed by atoms with E-state index < -0.39 is 17.1 Å². The van der Waals surface area contributed by atoms with E-state index in [1.165, 1.54) is 12.0 Å². The predicted octanol–water partition coefficient (Wildman–Crippen LogP) is 4.35. The van der Waals surface area contributed by atoms with E-state index in [2.05, 4.69) is 16.0 Å². The maximum atomic E-state index is 12.8. The Balaban J connectivity index is 1.91. The molecule has 2 aromatic rings. The molecule has 0 aliphatic heterocycles. The third kappa shape index (κ3) is 6.04. The summed E-state index contributed by atoms with van der Waals surface area (Å²) in [5.41, 5.74) is 0.865. The number of carbonyl (C=O) groups is 1. The molecule has 0 fully saturated rings. The van der Waals surface area contributed by atoms with Crippen LogP contribution < -0.4 is 10.3 Å². The number of carbonyl (C=O) groups excluding carboxylic acids is 1. The summed E-state index contributed by atoms with van der Waals surface area (Å²) in [5.74, 6) is -0.314. The Bertz CT molecular complexity index is 940. The number of aromatic amines is 1. The van der Waals surface area contributed by atoms with Gasteiger partial charge in [0.25, 0.3) is 5.56 Å². The molecule has 1 heterocycles. The highest BCUT2D eigenvalue weighted by molar-refractivity contribution is 5.90. The van der Waals surface area contributed by atoms with E-state index >= 15 is 0 Å². The van der Waals surface area contributed by atoms with E-state index in [9.17, 15) is 9.59 Å². The number of nitrogens with zero attached hydrogens (tertiary/aromatic N) is 1. The van der Waals surface area contributed by atoms with E-state index in [0.717, 1.165) is 24.8 Å². The van der Waals surface area contributed by atoms with E-state index in [1.807, 2.05) is 30.3 Å². The van der Waals surface area contributed by atoms with Crippen molar-refractivity contribution in [1.82, 2.24) is 9.97 Å². The number of benzene rings is 1. The molecule has 0 amide bonds. The molecule has 6 heteroatoms. The second-order valence-corrected chi connectivity index (χ2v) is 8.25. The molecule has 3 rings (SSSR count). The Morgan fingerprint density at radius 1 is 1.17 bits per heavy atom. The first kappa shape index (κ1) is 20.8. The lowest BCUT2D eigenvalue weighted by Crippen LogP contribution is -2.28. The van der Waals surface area contributed by atoms with Gasteiger partial charge in [-0.15, -0.1) is 0 Å². The van der Waals surface area contributed by atoms with Crippen LogP contribution in [-0.2, 0) is 17.8 Å². The van der Waals surface area contributed by atoms with Crippen LogP contribution in [-0.4, -0.2) is 21.5 Å². The summed E-state index contributed by atoms with van der Waals surface area (Å²) in [6, 6.07) is 9.45. The van der Waals surface area contributed by atoms with Crippen LogP contribution in [0.25, 0.3) is 0 Å². The van der Waals surface area contributed by atoms with Crippen LogP contribution in [0.5, 0.6) is 5.75 Å². The smallest absolute Gasteiger partial charge is 0.361 e. The van der Waals surface area contributed by atoms with Crippen molar-refractivity contribution < 1.29 is 14.3 Å². The van der Waals surface area contributed by atoms with Crippen molar-refractivity contribution in [2.45, 2.75) is 65.1 Å². The SMILES string of the molecule is CC(C)(C)OC(=O)c1nc(CC2=CCCCC2)[nH]c(=O)c1OCc1ccccc1. The summed E-state index contributed by atoms with van der Waals surface area (Å²) in [5, 5.41) is 0. The second-order valence-electron chi connectivity index (χ2n) is 8.25. The fraction of sp³-hybridized carbons (Fsp3) is 0.435. The minimum absolute atomic E-state index is 0.0778. The summed E-state index contributed by atoms with van der Waals surface area (Å²) in [4.78, 5) is 32.7. The molecule has 1 N–H and O–H groups in total. The van der Waals surface area contributed by atoms with Gasteiger partial charge in [-0.2, -0.15) is 0 Å². The lowest BCUT2D eigenvalue weighted by Gasteiger charge is -2.20. The number of ether oxygens (including phenoxy) is 2. The zero-order valence-corrected chi connectivity index (χ0v) is 17.3. The van der Waals surface area contributed by atoms with Gasteiger partial charge in [0.2, 0.25) is 5.75 Å². The molecule has 0 bridgehead atoms. The van der Waals surface area contributed by atoms with Crippen molar-refractivity contribution in [2.75, 3.05) is 0 Å². The fourth-order valence-corrected chi connectivity index (χ4v) is 3.20. The van der Waals surface area contributed by atoms with Gasteiger partial charge < -0.3 is 14.5 Å². The minimum Gasteiger partial charge on any atom is -0.481 e. The van der Waals surface area contributed by atoms with E-state index in [-0.39, 0.29) is 18.1 Å². The Morgan fingerprint density at radius 3 is 2.59 bits per heavy atom. The van der Waals surface area contributed by atoms with Crippen LogP contribution in [0.4, 0.5) is 0 Å². The number of rotatable bonds is 6. The summed E-state index contributed by atoms with van der Waals surface area (Å²) in [6.07, 6.45) is 7.05. The van der Waals surface area contributed by atoms with Crippen molar-refractivity contribution in [3.05, 3.63) is 69.4 Å². The molecule has 0 saturated heterocycles. The van der Waals surface area contributed by atoms with Gasteiger partial charge in [-0.25, -0.2) is 9.78 Å². The van der Waals surface area contributed by atoms with E-state index in [4.69, 9.17) is 9.47 Å². The fourth-order valence-electron chi connectivity index (χ4n) is 3.20. The molecule has 29 heavy (non-hydrogen) atoms. The molecule has 0 radical (unpaired) electrons. The molecule has 0 spiro atoms. The average Bonchev–Trinajstić information content (AvgIpc) is 2.67. The first-order valence-electron chi connectivity index (χ1n) is 10.0. The summed E-state index contributed by atoms with van der Waals surface area (Å²) in [6.45, 7) is 5.48. The van der Waals surface area contributed by atoms with Gasteiger partial charge in [0, 0.05) is 6.42 Å². The maximum Gasteiger partial charge on any atom is 0.361 e. The van der Waals surface area contributed by atoms with Crippen LogP contribution in [0.1, 0.15) is 68.3 Å². The quantitative estimate of drug-likeness (QED) is 0.580. The third-order valence-corrected chi connectivity index (χ3v) is 4.52. The molecule has 154 valence electrons. The molecule has 1 aromatic heterocycles. The van der Waals surface area contributed by atoms with Crippen LogP contribution in [0.3, 0.4) is 0 Å². The van der Waals surface area contributed by atoms with Gasteiger partial charge in [0.05, 0.1) is 0 Å². The number of aromatic nitrogens is 2. The van der Waals surface area contributed by atoms with Gasteiger partial charge in [-0.1, -0.05) is 42.0 Å². The predicted molar refractivity (Wildman–Crippen MR) is 111 cm³/mol. The van der Waals surface area contributed by atoms with Gasteiger partial charge in [-0.05, 0) is 52.0 Å². The van der Waals surface area contributed by atoms with Crippen molar-refractivity contribution in [3.8, 4) is 5.75 Å². The lowest BCUT2D eigenvalue weighted by atomic mass is 9.97. The van der Waals surface area contributed by atoms with Crippen LogP contribution in [0.2, 0.25) is 0 Å². The third-order valence-electron chi connectivity index (χ3n) is 4.52. The monoisotopic (exact) mass is 396 g/mol. The van der Waals surface area contributed by atoms with Gasteiger partial charge >= 0.3 is 5.97 Å². The standard InChI is InChI=1S/C23H28N2O4/c1-23(2,3)29-22(27)19-20(28-15-17-12-8-5-9-13-17)21(26)25-18(24-19)14-16-10-6-4-7-11-16/h5,8-10,12-13H,4,6-7,11,14-15H2,1-3H3,(H,24,25,26). The number of esters is 1. The number of hydrogen-bond acceptors (Lipinski definition) is 5. The van der Waals surface area contributed by atoms with Crippen molar-refractivity contribution in [1.29, 1.82) is 0 Å². The van der Waals surface area contributed by atoms with E-state index in [1.54, 1.807) is 20.8 Å². The largest absolute Gasteiger partial charge is 0.481 e. The van der Waals surface area contributed by atoms with Gasteiger partial charge in [-0.3, -0.25) is 4.79 Å². The molecule has 1 aliphatic rings. The molecule has 1 aromatic carbocycles. The van der Waals surface area contributed by atoms with Gasteiger partial charge in [0.15, 0.2) is 5.69 Å². The Labute approximate surface area is 171 Å². The molecule has 6 nitrogen and oxygen atoms in total. The van der Waals surface area contributed by atoms with Crippen molar-refractivity contribution >= 4 is 5.97 Å². The highest BCUT2D eigenvalue weighted by Gasteiger charge is 2.26. The molecular weight excluding hydrogens is 368 g/mol. The van der Waals surface area contributed by atoms with Crippen LogP contribution in [0, 0.1) is 0 Å². The highest BCUT2D eigenvalue weighted by Crippen LogP contribution is 2.22. The van der Waals surface area contributed by atoms with Crippen LogP contribution in [0.15, 0.2) is 46.8 Å². The van der Waals surface area contributed by atoms with E-state index in [0.29, 0.717) is 12.2 Å². The first-order valence-corrected chi connectivity index (χ1v) is 10.0. The molecule has 1 aliphatic carbocycles. The topological polar surface area (TPSA) is 81.3 Å². The zero-order chi connectivity index (χ0) is 20.9. The lowest BCUT2D eigenvalue weighted by molar-refractivity contribution is 0.00573. The minimum atomic E-state index is -0.704. The molecule has 0 saturated carbocycles. The normalized spacial score (nSPS) is 14.2. The number of nitrogens with one attached hydrogen (secondary N) is 1. The first-order chi connectivity index (χ1) is 13.8. The Kier molecular flexibility index (Phi) is 6.52. The molecular formula is C23H28N2O4. The number of hydrogen-bond donors (Lipinski definition) is 1. The Hall–Kier alpha value is -2.89. The molecule has 0 atom stereocenters. The summed E-state index contributed by atoms with van der Waals surface area (Å²) < 4.78 is 11.2. The summed E-state index contributed by atoms with van der Waals surface area (Å²) in [7, 11) is 0. The number of allylic oxidation sites excluding steroid dienone is 2.